The van der Waals surface area contributed by atoms with E-state index < -0.39 is 11.6 Å². The molecular formula is C11H19N3O3. The van der Waals surface area contributed by atoms with Crippen LogP contribution in [0.1, 0.15) is 37.0 Å². The van der Waals surface area contributed by atoms with Crippen molar-refractivity contribution >= 4 is 5.97 Å². The number of rotatable bonds is 4. The SMILES string of the molecule is COCCn1nnc(C(=O)OC(C)(C)C)c1C. The first-order valence-electron chi connectivity index (χ1n) is 5.47. The highest BCUT2D eigenvalue weighted by molar-refractivity contribution is 5.88. The molecule has 0 aromatic carbocycles. The number of nitrogens with zero attached hydrogens (tertiary/aromatic N) is 3. The maximum Gasteiger partial charge on any atom is 0.361 e. The fourth-order valence-corrected chi connectivity index (χ4v) is 1.27. The Morgan fingerprint density at radius 2 is 2.06 bits per heavy atom. The normalized spacial score (nSPS) is 11.6. The van der Waals surface area contributed by atoms with Gasteiger partial charge in [0.25, 0.3) is 0 Å². The summed E-state index contributed by atoms with van der Waals surface area (Å²) < 4.78 is 11.8. The molecule has 0 unspecified atom stereocenters. The van der Waals surface area contributed by atoms with Gasteiger partial charge in [0, 0.05) is 7.11 Å². The second-order valence-electron chi connectivity index (χ2n) is 4.74. The average molecular weight is 241 g/mol. The zero-order chi connectivity index (χ0) is 13.1. The van der Waals surface area contributed by atoms with Crippen LogP contribution in [0, 0.1) is 6.92 Å². The molecule has 96 valence electrons. The van der Waals surface area contributed by atoms with Crippen molar-refractivity contribution in [2.24, 2.45) is 0 Å². The molecular weight excluding hydrogens is 222 g/mol. The molecule has 0 spiro atoms. The van der Waals surface area contributed by atoms with Gasteiger partial charge in [-0.2, -0.15) is 0 Å². The van der Waals surface area contributed by atoms with Crippen LogP contribution in [0.2, 0.25) is 0 Å². The van der Waals surface area contributed by atoms with Gasteiger partial charge in [-0.15, -0.1) is 5.10 Å². The van der Waals surface area contributed by atoms with Gasteiger partial charge in [0.15, 0.2) is 5.69 Å². The second-order valence-corrected chi connectivity index (χ2v) is 4.74. The lowest BCUT2D eigenvalue weighted by atomic mass is 10.2. The van der Waals surface area contributed by atoms with E-state index in [-0.39, 0.29) is 5.69 Å². The van der Waals surface area contributed by atoms with Crippen molar-refractivity contribution in [1.82, 2.24) is 15.0 Å². The highest BCUT2D eigenvalue weighted by Gasteiger charge is 2.23. The molecule has 6 nitrogen and oxygen atoms in total. The van der Waals surface area contributed by atoms with Gasteiger partial charge in [-0.1, -0.05) is 5.21 Å². The highest BCUT2D eigenvalue weighted by atomic mass is 16.6. The maximum atomic E-state index is 11.8. The number of ether oxygens (including phenoxy) is 2. The van der Waals surface area contributed by atoms with Crippen molar-refractivity contribution < 1.29 is 14.3 Å². The molecule has 0 radical (unpaired) electrons. The topological polar surface area (TPSA) is 66.2 Å². The molecule has 0 saturated heterocycles. The maximum absolute atomic E-state index is 11.8. The predicted molar refractivity (Wildman–Crippen MR) is 61.8 cm³/mol. The lowest BCUT2D eigenvalue weighted by Gasteiger charge is -2.18. The molecule has 0 aliphatic heterocycles. The fraction of sp³-hybridized carbons (Fsp3) is 0.727. The van der Waals surface area contributed by atoms with Gasteiger partial charge in [0.1, 0.15) is 5.60 Å². The van der Waals surface area contributed by atoms with Crippen LogP contribution < -0.4 is 0 Å². The first-order chi connectivity index (χ1) is 7.85. The van der Waals surface area contributed by atoms with Crippen LogP contribution in [-0.4, -0.2) is 40.3 Å². The Kier molecular flexibility index (Phi) is 4.22. The van der Waals surface area contributed by atoms with Gasteiger partial charge in [-0.3, -0.25) is 0 Å². The molecule has 0 aliphatic carbocycles. The Morgan fingerprint density at radius 3 is 2.59 bits per heavy atom. The first-order valence-corrected chi connectivity index (χ1v) is 5.47. The van der Waals surface area contributed by atoms with E-state index in [2.05, 4.69) is 10.3 Å². The van der Waals surface area contributed by atoms with Crippen LogP contribution in [0.4, 0.5) is 0 Å². The van der Waals surface area contributed by atoms with Crippen LogP contribution in [0.3, 0.4) is 0 Å². The largest absolute Gasteiger partial charge is 0.455 e. The van der Waals surface area contributed by atoms with Gasteiger partial charge in [-0.05, 0) is 27.7 Å². The van der Waals surface area contributed by atoms with Crippen LogP contribution in [0.5, 0.6) is 0 Å². The Labute approximate surface area is 101 Å². The van der Waals surface area contributed by atoms with Crippen LogP contribution >= 0.6 is 0 Å². The number of methoxy groups -OCH3 is 1. The number of carbonyl (C=O) groups excluding carboxylic acids is 1. The third-order valence-corrected chi connectivity index (χ3v) is 2.08. The molecule has 6 heteroatoms. The second kappa shape index (κ2) is 5.27. The summed E-state index contributed by atoms with van der Waals surface area (Å²) in [6, 6.07) is 0. The molecule has 17 heavy (non-hydrogen) atoms. The van der Waals surface area contributed by atoms with Crippen molar-refractivity contribution in [3.05, 3.63) is 11.4 Å². The lowest BCUT2D eigenvalue weighted by Crippen LogP contribution is -2.24. The van der Waals surface area contributed by atoms with Crippen molar-refractivity contribution in [2.75, 3.05) is 13.7 Å². The summed E-state index contributed by atoms with van der Waals surface area (Å²) in [6.07, 6.45) is 0. The third kappa shape index (κ3) is 3.81. The number of aromatic nitrogens is 3. The van der Waals surface area contributed by atoms with Gasteiger partial charge in [0.2, 0.25) is 0 Å². The Morgan fingerprint density at radius 1 is 1.41 bits per heavy atom. The Balaban J connectivity index is 2.78. The molecule has 0 bridgehead atoms. The van der Waals surface area contributed by atoms with Gasteiger partial charge in [-0.25, -0.2) is 9.48 Å². The smallest absolute Gasteiger partial charge is 0.361 e. The number of esters is 1. The van der Waals surface area contributed by atoms with E-state index in [0.717, 1.165) is 0 Å². The molecule has 0 atom stereocenters. The van der Waals surface area contributed by atoms with Crippen LogP contribution in [0.25, 0.3) is 0 Å². The first kappa shape index (κ1) is 13.6. The van der Waals surface area contributed by atoms with Crippen molar-refractivity contribution in [1.29, 1.82) is 0 Å². The van der Waals surface area contributed by atoms with E-state index in [1.54, 1.807) is 18.7 Å². The molecule has 1 aromatic rings. The van der Waals surface area contributed by atoms with E-state index in [0.29, 0.717) is 18.8 Å². The van der Waals surface area contributed by atoms with Crippen molar-refractivity contribution in [3.8, 4) is 0 Å². The number of hydrogen-bond donors (Lipinski definition) is 0. The van der Waals surface area contributed by atoms with Crippen LogP contribution in [-0.2, 0) is 16.0 Å². The summed E-state index contributed by atoms with van der Waals surface area (Å²) in [5.74, 6) is -0.446. The summed E-state index contributed by atoms with van der Waals surface area (Å²) in [5.41, 5.74) is 0.423. The summed E-state index contributed by atoms with van der Waals surface area (Å²) in [7, 11) is 1.61. The van der Waals surface area contributed by atoms with Gasteiger partial charge < -0.3 is 9.47 Å². The van der Waals surface area contributed by atoms with Crippen molar-refractivity contribution in [2.45, 2.75) is 39.8 Å². The van der Waals surface area contributed by atoms with E-state index in [4.69, 9.17) is 9.47 Å². The summed E-state index contributed by atoms with van der Waals surface area (Å²) in [5, 5.41) is 7.73. The molecule has 0 fully saturated rings. The van der Waals surface area contributed by atoms with E-state index in [9.17, 15) is 4.79 Å². The molecule has 1 heterocycles. The van der Waals surface area contributed by atoms with Crippen LogP contribution in [0.15, 0.2) is 0 Å². The minimum atomic E-state index is -0.528. The van der Waals surface area contributed by atoms with Gasteiger partial charge in [0.05, 0.1) is 18.8 Å². The summed E-state index contributed by atoms with van der Waals surface area (Å²) in [4.78, 5) is 11.8. The Hall–Kier alpha value is -1.43. The fourth-order valence-electron chi connectivity index (χ4n) is 1.27. The number of carbonyl (C=O) groups is 1. The molecule has 0 saturated carbocycles. The summed E-state index contributed by atoms with van der Waals surface area (Å²) >= 11 is 0. The molecule has 1 aromatic heterocycles. The minimum absolute atomic E-state index is 0.260. The van der Waals surface area contributed by atoms with E-state index >= 15 is 0 Å². The highest BCUT2D eigenvalue weighted by Crippen LogP contribution is 2.12. The monoisotopic (exact) mass is 241 g/mol. The zero-order valence-electron chi connectivity index (χ0n) is 11.0. The number of hydrogen-bond acceptors (Lipinski definition) is 5. The lowest BCUT2D eigenvalue weighted by molar-refractivity contribution is 0.00618. The molecule has 1 rings (SSSR count). The molecule has 0 amide bonds. The predicted octanol–water partition coefficient (Wildman–Crippen LogP) is 1.19. The molecule has 0 aliphatic rings. The quantitative estimate of drug-likeness (QED) is 0.741. The van der Waals surface area contributed by atoms with E-state index in [1.165, 1.54) is 0 Å². The van der Waals surface area contributed by atoms with Crippen molar-refractivity contribution in [3.63, 3.8) is 0 Å². The van der Waals surface area contributed by atoms with E-state index in [1.807, 2.05) is 20.8 Å². The zero-order valence-corrected chi connectivity index (χ0v) is 11.0. The third-order valence-electron chi connectivity index (χ3n) is 2.08. The Bertz CT molecular complexity index is 393. The van der Waals surface area contributed by atoms with Gasteiger partial charge >= 0.3 is 5.97 Å². The summed E-state index contributed by atoms with van der Waals surface area (Å²) in [6.45, 7) is 8.33. The minimum Gasteiger partial charge on any atom is -0.455 e. The average Bonchev–Trinajstić information content (AvgIpc) is 2.54. The molecule has 0 N–H and O–H groups in total. The standard InChI is InChI=1S/C11H19N3O3/c1-8-9(10(15)17-11(2,3)4)12-13-14(8)6-7-16-5/h6-7H2,1-5H3.